The van der Waals surface area contributed by atoms with Crippen molar-refractivity contribution in [2.75, 3.05) is 33.0 Å². The van der Waals surface area contributed by atoms with Crippen LogP contribution >= 0.6 is 7.82 Å². The molecule has 9 nitrogen and oxygen atoms in total. The average molecular weight is 839 g/mol. The van der Waals surface area contributed by atoms with Crippen LogP contribution in [-0.4, -0.2) is 66.3 Å². The van der Waals surface area contributed by atoms with E-state index in [2.05, 4.69) is 56.4 Å². The fourth-order valence-corrected chi connectivity index (χ4v) is 7.05. The van der Waals surface area contributed by atoms with Crippen LogP contribution in [0.1, 0.15) is 194 Å². The molecule has 0 aromatic rings. The summed E-state index contributed by atoms with van der Waals surface area (Å²) in [6, 6.07) is 0. The molecule has 3 unspecified atom stereocenters. The van der Waals surface area contributed by atoms with E-state index in [1.165, 1.54) is 122 Å². The van der Waals surface area contributed by atoms with Gasteiger partial charge in [0.1, 0.15) is 12.2 Å². The summed E-state index contributed by atoms with van der Waals surface area (Å²) in [4.78, 5) is 22.5. The third kappa shape index (κ3) is 43.7. The molecular weight excluding hydrogens is 751 g/mol. The van der Waals surface area contributed by atoms with Crippen molar-refractivity contribution in [2.24, 2.45) is 0 Å². The Kier molecular flexibility index (Phi) is 43.3. The molecule has 0 aliphatic rings. The van der Waals surface area contributed by atoms with Gasteiger partial charge in [0.2, 0.25) is 0 Å². The van der Waals surface area contributed by atoms with Crippen LogP contribution in [0.2, 0.25) is 0 Å². The zero-order valence-corrected chi connectivity index (χ0v) is 37.9. The van der Waals surface area contributed by atoms with Crippen molar-refractivity contribution in [3.63, 3.8) is 0 Å². The first-order chi connectivity index (χ1) is 28.3. The summed E-state index contributed by atoms with van der Waals surface area (Å²) in [6.07, 6.45) is 52.2. The summed E-state index contributed by atoms with van der Waals surface area (Å²) in [7, 11) is -4.54. The number of carbonyl (C=O) groups excluding carboxylic acids is 1. The average Bonchev–Trinajstić information content (AvgIpc) is 3.21. The molecule has 3 N–H and O–H groups in total. The van der Waals surface area contributed by atoms with E-state index in [9.17, 15) is 19.4 Å². The lowest BCUT2D eigenvalue weighted by atomic mass is 10.0. The van der Waals surface area contributed by atoms with Gasteiger partial charge in [0, 0.05) is 6.61 Å². The van der Waals surface area contributed by atoms with Gasteiger partial charge in [-0.15, -0.1) is 0 Å². The van der Waals surface area contributed by atoms with Gasteiger partial charge in [0.05, 0.1) is 32.8 Å². The van der Waals surface area contributed by atoms with Crippen LogP contribution in [0.4, 0.5) is 0 Å². The van der Waals surface area contributed by atoms with Gasteiger partial charge in [-0.25, -0.2) is 4.57 Å². The number of esters is 1. The highest BCUT2D eigenvalue weighted by atomic mass is 31.2. The van der Waals surface area contributed by atoms with E-state index in [0.29, 0.717) is 13.0 Å². The Labute approximate surface area is 355 Å². The second-order valence-electron chi connectivity index (χ2n) is 15.4. The van der Waals surface area contributed by atoms with Crippen molar-refractivity contribution in [1.29, 1.82) is 0 Å². The highest BCUT2D eigenvalue weighted by Gasteiger charge is 2.26. The van der Waals surface area contributed by atoms with E-state index in [1.807, 2.05) is 12.2 Å². The van der Waals surface area contributed by atoms with E-state index in [-0.39, 0.29) is 13.0 Å². The number of phosphoric acid groups is 1. The third-order valence-corrected chi connectivity index (χ3v) is 10.7. The van der Waals surface area contributed by atoms with Crippen molar-refractivity contribution in [3.8, 4) is 0 Å². The van der Waals surface area contributed by atoms with E-state index < -0.39 is 45.8 Å². The fourth-order valence-electron chi connectivity index (χ4n) is 6.26. The molecule has 0 radical (unpaired) electrons. The Hall–Kier alpha value is -1.84. The maximum absolute atomic E-state index is 12.6. The van der Waals surface area contributed by atoms with Crippen molar-refractivity contribution < 1.29 is 43.0 Å². The standard InChI is InChI=1S/C48H87O9P/c1-3-5-7-9-11-13-15-17-19-20-21-22-23-24-25-27-29-31-33-35-37-39-41-54-44-47(45-56-58(52,53)55-43-46(50)42-49)57-48(51)40-38-36-34-32-30-28-26-18-16-14-12-10-8-6-4-2/h6,8,12,14,18,26,30,32,36,38,46-47,49-50H,3-5,7,9-11,13,15-17,19-25,27-29,31,33-35,37,39-45H2,1-2H3,(H,52,53)/b8-6-,14-12-,26-18-,32-30-,38-36-. The second kappa shape index (κ2) is 44.7. The van der Waals surface area contributed by atoms with Gasteiger partial charge in [0.15, 0.2) is 0 Å². The predicted octanol–water partition coefficient (Wildman–Crippen LogP) is 13.1. The summed E-state index contributed by atoms with van der Waals surface area (Å²) in [5.74, 6) is -0.507. The van der Waals surface area contributed by atoms with Gasteiger partial charge in [-0.2, -0.15) is 0 Å². The molecule has 10 heteroatoms. The minimum absolute atomic E-state index is 0.00985. The van der Waals surface area contributed by atoms with Crippen molar-refractivity contribution in [3.05, 3.63) is 60.8 Å². The van der Waals surface area contributed by atoms with Crippen LogP contribution < -0.4 is 0 Å². The number of aliphatic hydroxyl groups excluding tert-OH is 2. The molecule has 0 spiro atoms. The highest BCUT2D eigenvalue weighted by molar-refractivity contribution is 7.47. The number of phosphoric ester groups is 1. The van der Waals surface area contributed by atoms with E-state index in [1.54, 1.807) is 6.08 Å². The zero-order chi connectivity index (χ0) is 42.5. The maximum Gasteiger partial charge on any atom is 0.472 e. The number of allylic oxidation sites excluding steroid dienone is 9. The van der Waals surface area contributed by atoms with Crippen LogP contribution in [0.3, 0.4) is 0 Å². The molecule has 0 aliphatic heterocycles. The summed E-state index contributed by atoms with van der Waals surface area (Å²) in [6.45, 7) is 3.29. The van der Waals surface area contributed by atoms with Crippen molar-refractivity contribution in [2.45, 2.75) is 206 Å². The fraction of sp³-hybridized carbons (Fsp3) is 0.771. The van der Waals surface area contributed by atoms with Gasteiger partial charge >= 0.3 is 13.8 Å². The zero-order valence-electron chi connectivity index (χ0n) is 37.0. The summed E-state index contributed by atoms with van der Waals surface area (Å²) >= 11 is 0. The lowest BCUT2D eigenvalue weighted by Crippen LogP contribution is -2.28. The van der Waals surface area contributed by atoms with Crippen LogP contribution in [0.25, 0.3) is 0 Å². The number of hydrogen-bond acceptors (Lipinski definition) is 8. The SMILES string of the molecule is CC/C=C\C/C=C\C/C=C\C/C=C\C/C=C\CC(=O)OC(COCCCCCCCCCCCCCCCCCCCCCCCC)COP(=O)(O)OCC(O)CO. The van der Waals surface area contributed by atoms with Crippen LogP contribution in [-0.2, 0) is 27.9 Å². The monoisotopic (exact) mass is 839 g/mol. The Balaban J connectivity index is 4.16. The topological polar surface area (TPSA) is 132 Å². The Morgan fingerprint density at radius 3 is 1.33 bits per heavy atom. The molecule has 0 amide bonds. The molecule has 0 heterocycles. The first kappa shape index (κ1) is 56.2. The third-order valence-electron chi connectivity index (χ3n) is 9.75. The van der Waals surface area contributed by atoms with Crippen LogP contribution in [0.15, 0.2) is 60.8 Å². The molecule has 0 saturated carbocycles. The lowest BCUT2D eigenvalue weighted by molar-refractivity contribution is -0.153. The smallest absolute Gasteiger partial charge is 0.457 e. The summed E-state index contributed by atoms with van der Waals surface area (Å²) in [5.41, 5.74) is 0. The van der Waals surface area contributed by atoms with Gasteiger partial charge in [-0.3, -0.25) is 13.8 Å². The van der Waals surface area contributed by atoms with Crippen LogP contribution in [0.5, 0.6) is 0 Å². The number of rotatable bonds is 44. The number of carbonyl (C=O) groups is 1. The molecule has 338 valence electrons. The van der Waals surface area contributed by atoms with Gasteiger partial charge in [-0.05, 0) is 38.5 Å². The minimum atomic E-state index is -4.54. The number of hydrogen-bond donors (Lipinski definition) is 3. The number of ether oxygens (including phenoxy) is 2. The Morgan fingerprint density at radius 2 is 0.914 bits per heavy atom. The molecule has 0 aromatic heterocycles. The Bertz CT molecular complexity index is 1090. The number of unbranched alkanes of at least 4 members (excludes halogenated alkanes) is 21. The summed E-state index contributed by atoms with van der Waals surface area (Å²) < 4.78 is 33.3. The normalized spacial score (nSPS) is 14.5. The van der Waals surface area contributed by atoms with Gasteiger partial charge in [0.25, 0.3) is 0 Å². The highest BCUT2D eigenvalue weighted by Crippen LogP contribution is 2.43. The number of aliphatic hydroxyl groups is 2. The minimum Gasteiger partial charge on any atom is -0.457 e. The van der Waals surface area contributed by atoms with Gasteiger partial charge < -0.3 is 24.6 Å². The van der Waals surface area contributed by atoms with Crippen molar-refractivity contribution >= 4 is 13.8 Å². The van der Waals surface area contributed by atoms with Crippen LogP contribution in [0, 0.1) is 0 Å². The molecule has 0 aliphatic carbocycles. The maximum atomic E-state index is 12.6. The molecule has 0 fully saturated rings. The van der Waals surface area contributed by atoms with E-state index in [4.69, 9.17) is 23.6 Å². The molecule has 0 aromatic carbocycles. The molecule has 0 saturated heterocycles. The molecule has 0 bridgehead atoms. The first-order valence-corrected chi connectivity index (χ1v) is 24.8. The summed E-state index contributed by atoms with van der Waals surface area (Å²) in [5, 5.41) is 18.4. The Morgan fingerprint density at radius 1 is 0.534 bits per heavy atom. The molecule has 58 heavy (non-hydrogen) atoms. The second-order valence-corrected chi connectivity index (χ2v) is 16.9. The molecule has 0 rings (SSSR count). The quantitative estimate of drug-likeness (QED) is 0.0237. The molecule has 3 atom stereocenters. The lowest BCUT2D eigenvalue weighted by Gasteiger charge is -2.20. The predicted molar refractivity (Wildman–Crippen MR) is 242 cm³/mol. The van der Waals surface area contributed by atoms with Crippen molar-refractivity contribution in [1.82, 2.24) is 0 Å². The molecular formula is C48H87O9P. The first-order valence-electron chi connectivity index (χ1n) is 23.3. The van der Waals surface area contributed by atoms with E-state index >= 15 is 0 Å². The van der Waals surface area contributed by atoms with E-state index in [0.717, 1.165) is 44.9 Å². The largest absolute Gasteiger partial charge is 0.472 e. The van der Waals surface area contributed by atoms with Gasteiger partial charge in [-0.1, -0.05) is 209 Å².